The van der Waals surface area contributed by atoms with E-state index in [0.717, 1.165) is 19.3 Å². The Balaban J connectivity index is 2.18. The maximum absolute atomic E-state index is 13.2. The zero-order valence-corrected chi connectivity index (χ0v) is 20.5. The quantitative estimate of drug-likeness (QED) is 0.573. The van der Waals surface area contributed by atoms with Crippen LogP contribution in [0.4, 0.5) is 4.79 Å². The molecular weight excluding hydrogens is 390 g/mol. The number of hydrogen-bond donors (Lipinski definition) is 1. The summed E-state index contributed by atoms with van der Waals surface area (Å²) in [5.41, 5.74) is 0.500. The van der Waals surface area contributed by atoms with Crippen LogP contribution in [0.25, 0.3) is 0 Å². The van der Waals surface area contributed by atoms with Crippen LogP contribution in [0.3, 0.4) is 0 Å². The van der Waals surface area contributed by atoms with Crippen molar-refractivity contribution in [3.8, 4) is 0 Å². The van der Waals surface area contributed by atoms with Gasteiger partial charge in [-0.1, -0.05) is 71.4 Å². The molecule has 0 aromatic heterocycles. The van der Waals surface area contributed by atoms with Gasteiger partial charge in [-0.05, 0) is 56.4 Å². The molecular formula is C26H41NO4. The van der Waals surface area contributed by atoms with Crippen molar-refractivity contribution in [3.05, 3.63) is 35.9 Å². The number of benzene rings is 1. The lowest BCUT2D eigenvalue weighted by Crippen LogP contribution is -2.50. The van der Waals surface area contributed by atoms with Gasteiger partial charge in [-0.2, -0.15) is 0 Å². The summed E-state index contributed by atoms with van der Waals surface area (Å²) in [5, 5.41) is 2.72. The number of alkyl carbamates (subject to hydrolysis) is 1. The fourth-order valence-electron chi connectivity index (χ4n) is 4.52. The molecule has 1 amide bonds. The molecule has 1 fully saturated rings. The van der Waals surface area contributed by atoms with Gasteiger partial charge in [0.25, 0.3) is 0 Å². The number of nitrogens with one attached hydrogen (secondary N) is 1. The molecule has 0 bridgehead atoms. The highest BCUT2D eigenvalue weighted by atomic mass is 16.6. The van der Waals surface area contributed by atoms with E-state index in [4.69, 9.17) is 9.47 Å². The molecule has 0 unspecified atom stereocenters. The van der Waals surface area contributed by atoms with Crippen LogP contribution in [0.2, 0.25) is 0 Å². The van der Waals surface area contributed by atoms with E-state index in [2.05, 4.69) is 50.4 Å². The average Bonchev–Trinajstić information content (AvgIpc) is 2.65. The van der Waals surface area contributed by atoms with E-state index in [1.54, 1.807) is 20.8 Å². The number of rotatable bonds is 6. The fraction of sp³-hybridized carbons (Fsp3) is 0.692. The molecule has 1 aromatic carbocycles. The highest BCUT2D eigenvalue weighted by Crippen LogP contribution is 2.43. The van der Waals surface area contributed by atoms with Crippen LogP contribution < -0.4 is 5.32 Å². The Bertz CT molecular complexity index is 736. The molecule has 0 aliphatic heterocycles. The average molecular weight is 432 g/mol. The van der Waals surface area contributed by atoms with Crippen molar-refractivity contribution < 1.29 is 19.1 Å². The first-order valence-corrected chi connectivity index (χ1v) is 11.6. The van der Waals surface area contributed by atoms with Gasteiger partial charge in [0.05, 0.1) is 0 Å². The molecule has 1 aliphatic carbocycles. The van der Waals surface area contributed by atoms with Gasteiger partial charge >= 0.3 is 12.1 Å². The Hall–Kier alpha value is -2.04. The van der Waals surface area contributed by atoms with Gasteiger partial charge < -0.3 is 14.8 Å². The fourth-order valence-corrected chi connectivity index (χ4v) is 4.52. The second kappa shape index (κ2) is 10.1. The molecule has 0 radical (unpaired) electrons. The first-order chi connectivity index (χ1) is 14.3. The highest BCUT2D eigenvalue weighted by Gasteiger charge is 2.43. The molecule has 1 aliphatic rings. The Morgan fingerprint density at radius 2 is 1.65 bits per heavy atom. The monoisotopic (exact) mass is 431 g/mol. The minimum Gasteiger partial charge on any atom is -0.461 e. The van der Waals surface area contributed by atoms with Crippen LogP contribution >= 0.6 is 0 Å². The molecule has 5 heteroatoms. The maximum atomic E-state index is 13.2. The Morgan fingerprint density at radius 1 is 1.03 bits per heavy atom. The van der Waals surface area contributed by atoms with Gasteiger partial charge in [-0.25, -0.2) is 9.59 Å². The molecule has 1 N–H and O–H groups in total. The summed E-state index contributed by atoms with van der Waals surface area (Å²) < 4.78 is 11.5. The summed E-state index contributed by atoms with van der Waals surface area (Å²) >= 11 is 0. The van der Waals surface area contributed by atoms with E-state index in [1.165, 1.54) is 5.56 Å². The van der Waals surface area contributed by atoms with E-state index < -0.39 is 17.7 Å². The zero-order valence-electron chi connectivity index (χ0n) is 20.5. The third-order valence-corrected chi connectivity index (χ3v) is 6.36. The van der Waals surface area contributed by atoms with Gasteiger partial charge in [0, 0.05) is 5.92 Å². The molecule has 1 saturated carbocycles. The molecule has 5 nitrogen and oxygen atoms in total. The molecule has 1 aromatic rings. The summed E-state index contributed by atoms with van der Waals surface area (Å²) in [6.45, 7) is 15.9. The van der Waals surface area contributed by atoms with Crippen LogP contribution in [0.5, 0.6) is 0 Å². The topological polar surface area (TPSA) is 64.6 Å². The van der Waals surface area contributed by atoms with Crippen molar-refractivity contribution in [2.75, 3.05) is 0 Å². The molecule has 31 heavy (non-hydrogen) atoms. The second-order valence-corrected chi connectivity index (χ2v) is 11.0. The van der Waals surface area contributed by atoms with Gasteiger partial charge in [-0.15, -0.1) is 0 Å². The maximum Gasteiger partial charge on any atom is 0.408 e. The molecule has 174 valence electrons. The van der Waals surface area contributed by atoms with Gasteiger partial charge in [0.1, 0.15) is 17.7 Å². The number of carbonyl (C=O) groups excluding carboxylic acids is 2. The van der Waals surface area contributed by atoms with Gasteiger partial charge in [0.15, 0.2) is 0 Å². The molecule has 0 spiro atoms. The summed E-state index contributed by atoms with van der Waals surface area (Å²) in [5.74, 6) is 0.219. The summed E-state index contributed by atoms with van der Waals surface area (Å²) in [7, 11) is 0. The Labute approximate surface area is 188 Å². The molecule has 2 rings (SSSR count). The normalized spacial score (nSPS) is 23.2. The van der Waals surface area contributed by atoms with Crippen molar-refractivity contribution in [3.63, 3.8) is 0 Å². The minimum atomic E-state index is -0.743. The number of esters is 1. The van der Waals surface area contributed by atoms with Crippen LogP contribution in [-0.4, -0.2) is 29.8 Å². The van der Waals surface area contributed by atoms with Gasteiger partial charge in [0.2, 0.25) is 0 Å². The number of amides is 1. The lowest BCUT2D eigenvalue weighted by atomic mass is 9.64. The van der Waals surface area contributed by atoms with E-state index in [1.807, 2.05) is 19.9 Å². The SMILES string of the molecule is CC(C)[C@@H](NC(=O)OC(C)(C)C)C(=O)O[C@@H]1C[C@H](C)CC[C@H]1C(C)(C)c1ccccc1. The predicted molar refractivity (Wildman–Crippen MR) is 124 cm³/mol. The minimum absolute atomic E-state index is 0.110. The third-order valence-electron chi connectivity index (χ3n) is 6.36. The van der Waals surface area contributed by atoms with Crippen LogP contribution in [-0.2, 0) is 19.7 Å². The van der Waals surface area contributed by atoms with E-state index in [0.29, 0.717) is 5.92 Å². The van der Waals surface area contributed by atoms with Crippen LogP contribution in [0, 0.1) is 17.8 Å². The Morgan fingerprint density at radius 3 is 2.19 bits per heavy atom. The van der Waals surface area contributed by atoms with Gasteiger partial charge in [-0.3, -0.25) is 0 Å². The zero-order chi connectivity index (χ0) is 23.4. The lowest BCUT2D eigenvalue weighted by molar-refractivity contribution is -0.160. The standard InChI is InChI=1S/C26H41NO4/c1-17(2)22(27-24(29)31-25(4,5)6)23(28)30-21-16-18(3)14-15-20(21)26(7,8)19-12-10-9-11-13-19/h9-13,17-18,20-22H,14-16H2,1-8H3,(H,27,29)/t18-,20-,21-,22-/m1/s1. The van der Waals surface area contributed by atoms with Crippen molar-refractivity contribution in [2.24, 2.45) is 17.8 Å². The van der Waals surface area contributed by atoms with Crippen LogP contribution in [0.15, 0.2) is 30.3 Å². The molecule has 0 heterocycles. The first kappa shape index (κ1) is 25.2. The Kier molecular flexibility index (Phi) is 8.18. The van der Waals surface area contributed by atoms with E-state index >= 15 is 0 Å². The second-order valence-electron chi connectivity index (χ2n) is 11.0. The summed E-state index contributed by atoms with van der Waals surface area (Å²) in [6.07, 6.45) is 2.18. The largest absolute Gasteiger partial charge is 0.461 e. The molecule has 0 saturated heterocycles. The number of ether oxygens (including phenoxy) is 2. The highest BCUT2D eigenvalue weighted by molar-refractivity contribution is 5.81. The third kappa shape index (κ3) is 6.98. The number of hydrogen-bond acceptors (Lipinski definition) is 4. The van der Waals surface area contributed by atoms with Crippen molar-refractivity contribution in [1.29, 1.82) is 0 Å². The van der Waals surface area contributed by atoms with Crippen LogP contribution in [0.1, 0.15) is 80.2 Å². The number of carbonyl (C=O) groups is 2. The lowest BCUT2D eigenvalue weighted by Gasteiger charge is -2.44. The van der Waals surface area contributed by atoms with Crippen molar-refractivity contribution in [1.82, 2.24) is 5.32 Å². The smallest absolute Gasteiger partial charge is 0.408 e. The van der Waals surface area contributed by atoms with E-state index in [-0.39, 0.29) is 29.3 Å². The van der Waals surface area contributed by atoms with E-state index in [9.17, 15) is 9.59 Å². The summed E-state index contributed by atoms with van der Waals surface area (Å²) in [4.78, 5) is 25.5. The summed E-state index contributed by atoms with van der Waals surface area (Å²) in [6, 6.07) is 9.70. The first-order valence-electron chi connectivity index (χ1n) is 11.6. The molecule has 4 atom stereocenters. The predicted octanol–water partition coefficient (Wildman–Crippen LogP) is 5.86. The van der Waals surface area contributed by atoms with Crippen molar-refractivity contribution >= 4 is 12.1 Å². The van der Waals surface area contributed by atoms with Crippen molar-refractivity contribution in [2.45, 2.75) is 97.8 Å².